The van der Waals surface area contributed by atoms with Crippen molar-refractivity contribution in [3.05, 3.63) is 152 Å². The molecule has 2 aromatic heterocycles. The molecule has 0 unspecified atom stereocenters. The van der Waals surface area contributed by atoms with Crippen molar-refractivity contribution >= 4 is 43.5 Å². The zero-order chi connectivity index (χ0) is 29.7. The number of fused-ring (bicyclic) bond motifs is 8. The maximum atomic E-state index is 6.47. The molecule has 45 heavy (non-hydrogen) atoms. The van der Waals surface area contributed by atoms with Gasteiger partial charge in [0.25, 0.3) is 0 Å². The normalized spacial score (nSPS) is 11.6. The van der Waals surface area contributed by atoms with E-state index in [9.17, 15) is 0 Å². The second kappa shape index (κ2) is 10.2. The minimum atomic E-state index is 0.639. The first-order chi connectivity index (χ1) is 22.3. The van der Waals surface area contributed by atoms with Gasteiger partial charge in [-0.1, -0.05) is 127 Å². The summed E-state index contributed by atoms with van der Waals surface area (Å²) in [5.41, 5.74) is 6.88. The second-order valence-corrected chi connectivity index (χ2v) is 11.2. The van der Waals surface area contributed by atoms with Gasteiger partial charge < -0.3 is 4.42 Å². The molecule has 0 amide bonds. The number of hydrogen-bond donors (Lipinski definition) is 0. The first-order valence-electron chi connectivity index (χ1n) is 15.0. The van der Waals surface area contributed by atoms with Gasteiger partial charge in [0.05, 0.1) is 0 Å². The van der Waals surface area contributed by atoms with Crippen LogP contribution in [0.4, 0.5) is 0 Å². The van der Waals surface area contributed by atoms with Crippen LogP contribution in [-0.4, -0.2) is 15.0 Å². The van der Waals surface area contributed by atoms with Gasteiger partial charge in [-0.05, 0) is 51.6 Å². The van der Waals surface area contributed by atoms with E-state index in [-0.39, 0.29) is 0 Å². The van der Waals surface area contributed by atoms with Crippen LogP contribution in [0.25, 0.3) is 88.8 Å². The maximum absolute atomic E-state index is 6.47. The van der Waals surface area contributed by atoms with Gasteiger partial charge in [0.2, 0.25) is 0 Å². The van der Waals surface area contributed by atoms with Gasteiger partial charge in [0, 0.05) is 32.8 Å². The maximum Gasteiger partial charge on any atom is 0.164 e. The van der Waals surface area contributed by atoms with Crippen LogP contribution in [0.1, 0.15) is 0 Å². The highest BCUT2D eigenvalue weighted by Gasteiger charge is 2.17. The van der Waals surface area contributed by atoms with Crippen LogP contribution >= 0.6 is 0 Å². The van der Waals surface area contributed by atoms with E-state index in [1.165, 1.54) is 16.2 Å². The third kappa shape index (κ3) is 4.27. The third-order valence-electron chi connectivity index (χ3n) is 8.50. The topological polar surface area (TPSA) is 51.8 Å². The zero-order valence-electron chi connectivity index (χ0n) is 24.2. The molecule has 0 N–H and O–H groups in total. The average Bonchev–Trinajstić information content (AvgIpc) is 3.52. The van der Waals surface area contributed by atoms with Crippen molar-refractivity contribution in [2.24, 2.45) is 0 Å². The van der Waals surface area contributed by atoms with Gasteiger partial charge in [-0.25, -0.2) is 15.0 Å². The lowest BCUT2D eigenvalue weighted by Crippen LogP contribution is -2.00. The van der Waals surface area contributed by atoms with Crippen molar-refractivity contribution in [3.63, 3.8) is 0 Å². The summed E-state index contributed by atoms with van der Waals surface area (Å²) in [5.74, 6) is 1.94. The van der Waals surface area contributed by atoms with Crippen molar-refractivity contribution in [2.45, 2.75) is 0 Å². The lowest BCUT2D eigenvalue weighted by atomic mass is 9.93. The van der Waals surface area contributed by atoms with Crippen LogP contribution in [0.3, 0.4) is 0 Å². The predicted molar refractivity (Wildman–Crippen MR) is 184 cm³/mol. The number of benzene rings is 7. The van der Waals surface area contributed by atoms with Gasteiger partial charge in [-0.15, -0.1) is 0 Å². The van der Waals surface area contributed by atoms with Gasteiger partial charge in [0.15, 0.2) is 17.5 Å². The van der Waals surface area contributed by atoms with Crippen LogP contribution < -0.4 is 0 Å². The van der Waals surface area contributed by atoms with E-state index in [0.29, 0.717) is 17.5 Å². The van der Waals surface area contributed by atoms with E-state index < -0.39 is 0 Å². The molecule has 0 bridgehead atoms. The summed E-state index contributed by atoms with van der Waals surface area (Å²) in [4.78, 5) is 14.7. The average molecular weight is 576 g/mol. The molecular weight excluding hydrogens is 550 g/mol. The lowest BCUT2D eigenvalue weighted by molar-refractivity contribution is 0.673. The van der Waals surface area contributed by atoms with Crippen LogP contribution in [0, 0.1) is 0 Å². The Morgan fingerprint density at radius 2 is 0.867 bits per heavy atom. The summed E-state index contributed by atoms with van der Waals surface area (Å²) in [6.07, 6.45) is 0. The molecule has 7 aromatic carbocycles. The molecule has 0 radical (unpaired) electrons. The van der Waals surface area contributed by atoms with Gasteiger partial charge in [0.1, 0.15) is 11.2 Å². The molecule has 0 fully saturated rings. The van der Waals surface area contributed by atoms with Crippen LogP contribution in [0.5, 0.6) is 0 Å². The van der Waals surface area contributed by atoms with E-state index in [1.807, 2.05) is 72.8 Å². The standard InChI is InChI=1S/C41H25N3O/c1-3-12-26(13-4-1)39-42-40(27-14-5-2-6-15-27)44-41(43-39)30-17-11-16-28(24-30)29-22-23-33-35(25-29)31-18-7-8-19-32(31)37-34-20-9-10-21-36(34)45-38(33)37/h1-25H. The van der Waals surface area contributed by atoms with Gasteiger partial charge >= 0.3 is 0 Å². The molecule has 0 spiro atoms. The first-order valence-corrected chi connectivity index (χ1v) is 15.0. The molecular formula is C41H25N3O. The highest BCUT2D eigenvalue weighted by atomic mass is 16.3. The highest BCUT2D eigenvalue weighted by molar-refractivity contribution is 6.30. The van der Waals surface area contributed by atoms with E-state index in [1.54, 1.807) is 0 Å². The molecule has 0 aliphatic rings. The minimum Gasteiger partial charge on any atom is -0.455 e. The Morgan fingerprint density at radius 1 is 0.333 bits per heavy atom. The molecule has 210 valence electrons. The van der Waals surface area contributed by atoms with E-state index >= 15 is 0 Å². The fourth-order valence-electron chi connectivity index (χ4n) is 6.36. The summed E-state index contributed by atoms with van der Waals surface area (Å²) in [6, 6.07) is 52.1. The Hall–Kier alpha value is -6.13. The summed E-state index contributed by atoms with van der Waals surface area (Å²) in [5, 5.41) is 6.99. The molecule has 4 nitrogen and oxygen atoms in total. The number of para-hydroxylation sites is 1. The molecule has 9 rings (SSSR count). The van der Waals surface area contributed by atoms with Crippen molar-refractivity contribution in [3.8, 4) is 45.3 Å². The number of hydrogen-bond acceptors (Lipinski definition) is 4. The third-order valence-corrected chi connectivity index (χ3v) is 8.50. The van der Waals surface area contributed by atoms with Crippen molar-refractivity contribution in [1.82, 2.24) is 15.0 Å². The van der Waals surface area contributed by atoms with E-state index in [2.05, 4.69) is 78.9 Å². The second-order valence-electron chi connectivity index (χ2n) is 11.2. The Morgan fingerprint density at radius 3 is 1.58 bits per heavy atom. The Kier molecular flexibility index (Phi) is 5.78. The fraction of sp³-hybridized carbons (Fsp3) is 0. The first kappa shape index (κ1) is 25.4. The van der Waals surface area contributed by atoms with Crippen LogP contribution in [0.15, 0.2) is 156 Å². The SMILES string of the molecule is c1ccc(-c2nc(-c3ccccc3)nc(-c3cccc(-c4ccc5c(c4)c4ccccc4c4c6ccccc6oc54)c3)n2)cc1. The Balaban J connectivity index is 1.22. The number of nitrogens with zero attached hydrogens (tertiary/aromatic N) is 3. The van der Waals surface area contributed by atoms with Crippen molar-refractivity contribution < 1.29 is 4.42 Å². The number of furan rings is 1. The van der Waals surface area contributed by atoms with E-state index in [0.717, 1.165) is 55.1 Å². The Bertz CT molecular complexity index is 2480. The molecule has 0 aliphatic carbocycles. The monoisotopic (exact) mass is 575 g/mol. The minimum absolute atomic E-state index is 0.639. The molecule has 0 aliphatic heterocycles. The summed E-state index contributed by atoms with van der Waals surface area (Å²) in [7, 11) is 0. The number of aromatic nitrogens is 3. The van der Waals surface area contributed by atoms with Crippen molar-refractivity contribution in [2.75, 3.05) is 0 Å². The molecule has 0 saturated heterocycles. The highest BCUT2D eigenvalue weighted by Crippen LogP contribution is 2.42. The van der Waals surface area contributed by atoms with Crippen LogP contribution in [0.2, 0.25) is 0 Å². The van der Waals surface area contributed by atoms with Gasteiger partial charge in [-0.2, -0.15) is 0 Å². The van der Waals surface area contributed by atoms with E-state index in [4.69, 9.17) is 19.4 Å². The number of rotatable bonds is 4. The molecule has 4 heteroatoms. The smallest absolute Gasteiger partial charge is 0.164 e. The molecule has 2 heterocycles. The van der Waals surface area contributed by atoms with Crippen molar-refractivity contribution in [1.29, 1.82) is 0 Å². The van der Waals surface area contributed by atoms with Crippen LogP contribution in [-0.2, 0) is 0 Å². The Labute approximate surface area is 259 Å². The summed E-state index contributed by atoms with van der Waals surface area (Å²) >= 11 is 0. The zero-order valence-corrected chi connectivity index (χ0v) is 24.2. The molecule has 9 aromatic rings. The largest absolute Gasteiger partial charge is 0.455 e. The summed E-state index contributed by atoms with van der Waals surface area (Å²) in [6.45, 7) is 0. The predicted octanol–water partition coefficient (Wildman–Crippen LogP) is 10.7. The molecule has 0 saturated carbocycles. The summed E-state index contributed by atoms with van der Waals surface area (Å²) < 4.78 is 6.47. The fourth-order valence-corrected chi connectivity index (χ4v) is 6.36. The molecule has 0 atom stereocenters. The lowest BCUT2D eigenvalue weighted by Gasteiger charge is -2.11. The quantitative estimate of drug-likeness (QED) is 0.196. The van der Waals surface area contributed by atoms with Gasteiger partial charge in [-0.3, -0.25) is 0 Å².